The maximum atomic E-state index is 12.2. The van der Waals surface area contributed by atoms with Gasteiger partial charge in [0, 0.05) is 18.4 Å². The van der Waals surface area contributed by atoms with Crippen LogP contribution in [0.25, 0.3) is 0 Å². The van der Waals surface area contributed by atoms with Crippen molar-refractivity contribution < 1.29 is 19.1 Å². The summed E-state index contributed by atoms with van der Waals surface area (Å²) in [5, 5.41) is 0. The summed E-state index contributed by atoms with van der Waals surface area (Å²) in [5.41, 5.74) is -0.342. The van der Waals surface area contributed by atoms with Crippen molar-refractivity contribution in [2.75, 3.05) is 13.2 Å². The van der Waals surface area contributed by atoms with Crippen molar-refractivity contribution >= 4 is 11.8 Å². The minimum atomic E-state index is -0.303. The zero-order chi connectivity index (χ0) is 18.6. The van der Waals surface area contributed by atoms with Gasteiger partial charge in [0.05, 0.1) is 18.6 Å². The second-order valence-corrected chi connectivity index (χ2v) is 7.12. The van der Waals surface area contributed by atoms with Crippen LogP contribution in [0.15, 0.2) is 0 Å². The molecule has 0 fully saturated rings. The number of carbonyl (C=O) groups excluding carboxylic acids is 2. The van der Waals surface area contributed by atoms with Crippen LogP contribution in [-0.4, -0.2) is 30.6 Å². The maximum Gasteiger partial charge on any atom is 0.306 e. The molecule has 0 saturated heterocycles. The van der Waals surface area contributed by atoms with Crippen LogP contribution in [0.1, 0.15) is 92.9 Å². The van der Waals surface area contributed by atoms with Gasteiger partial charge in [-0.15, -0.1) is 0 Å². The Bertz CT molecular complexity index is 368. The van der Waals surface area contributed by atoms with Gasteiger partial charge in [0.2, 0.25) is 0 Å². The zero-order valence-electron chi connectivity index (χ0n) is 16.7. The lowest BCUT2D eigenvalue weighted by Gasteiger charge is -2.27. The summed E-state index contributed by atoms with van der Waals surface area (Å²) in [4.78, 5) is 23.9. The predicted molar refractivity (Wildman–Crippen MR) is 98.1 cm³/mol. The van der Waals surface area contributed by atoms with Gasteiger partial charge < -0.3 is 9.47 Å². The molecule has 0 aromatic carbocycles. The monoisotopic (exact) mass is 342 g/mol. The topological polar surface area (TPSA) is 52.6 Å². The SMILES string of the molecule is CCC(C)(CC)OCCCCOC(=O)CCC(=O)C(C)(CC)CC. The van der Waals surface area contributed by atoms with Crippen LogP contribution in [0.2, 0.25) is 0 Å². The largest absolute Gasteiger partial charge is 0.466 e. The number of Topliss-reactive ketones (excluding diaryl/α,β-unsaturated/α-hetero) is 1. The molecule has 0 heterocycles. The molecule has 0 amide bonds. The highest BCUT2D eigenvalue weighted by Crippen LogP contribution is 2.28. The molecule has 24 heavy (non-hydrogen) atoms. The molecular formula is C20H38O4. The van der Waals surface area contributed by atoms with Gasteiger partial charge in [0.1, 0.15) is 5.78 Å². The number of carbonyl (C=O) groups is 2. The van der Waals surface area contributed by atoms with E-state index in [9.17, 15) is 9.59 Å². The molecule has 0 unspecified atom stereocenters. The van der Waals surface area contributed by atoms with Crippen molar-refractivity contribution in [3.05, 3.63) is 0 Å². The quantitative estimate of drug-likeness (QED) is 0.326. The number of esters is 1. The Labute approximate surface area is 148 Å². The number of unbranched alkanes of at least 4 members (excludes halogenated alkanes) is 1. The van der Waals surface area contributed by atoms with E-state index in [1.54, 1.807) is 0 Å². The average Bonchev–Trinajstić information content (AvgIpc) is 2.61. The molecule has 0 aromatic heterocycles. The van der Waals surface area contributed by atoms with Crippen molar-refractivity contribution in [1.29, 1.82) is 0 Å². The van der Waals surface area contributed by atoms with Gasteiger partial charge in [-0.25, -0.2) is 0 Å². The van der Waals surface area contributed by atoms with E-state index in [0.717, 1.165) is 38.5 Å². The lowest BCUT2D eigenvalue weighted by atomic mass is 9.79. The third kappa shape index (κ3) is 8.27. The molecule has 4 heteroatoms. The lowest BCUT2D eigenvalue weighted by Crippen LogP contribution is -2.27. The Morgan fingerprint density at radius 1 is 0.792 bits per heavy atom. The van der Waals surface area contributed by atoms with Crippen molar-refractivity contribution in [1.82, 2.24) is 0 Å². The summed E-state index contributed by atoms with van der Waals surface area (Å²) in [6.45, 7) is 13.5. The first-order valence-corrected chi connectivity index (χ1v) is 9.59. The molecule has 0 N–H and O–H groups in total. The number of hydrogen-bond acceptors (Lipinski definition) is 4. The van der Waals surface area contributed by atoms with E-state index in [2.05, 4.69) is 20.8 Å². The molecule has 0 aliphatic carbocycles. The normalized spacial score (nSPS) is 12.2. The highest BCUT2D eigenvalue weighted by molar-refractivity contribution is 5.87. The van der Waals surface area contributed by atoms with Gasteiger partial charge in [0.25, 0.3) is 0 Å². The highest BCUT2D eigenvalue weighted by atomic mass is 16.5. The standard InChI is InChI=1S/C20H38O4/c1-7-19(5,8-2)17(21)13-14-18(22)23-15-11-12-16-24-20(6,9-3)10-4/h7-16H2,1-6H3. The third-order valence-electron chi connectivity index (χ3n) is 5.54. The van der Waals surface area contributed by atoms with Crippen molar-refractivity contribution in [2.45, 2.75) is 98.5 Å². The second kappa shape index (κ2) is 11.6. The number of ether oxygens (including phenoxy) is 2. The van der Waals surface area contributed by atoms with Crippen molar-refractivity contribution in [3.8, 4) is 0 Å². The minimum Gasteiger partial charge on any atom is -0.466 e. The fourth-order valence-electron chi connectivity index (χ4n) is 2.40. The van der Waals surface area contributed by atoms with Gasteiger partial charge in [-0.1, -0.05) is 34.6 Å². The number of rotatable bonds is 14. The van der Waals surface area contributed by atoms with Gasteiger partial charge in [-0.2, -0.15) is 0 Å². The first-order valence-electron chi connectivity index (χ1n) is 9.59. The van der Waals surface area contributed by atoms with Crippen LogP contribution >= 0.6 is 0 Å². The van der Waals surface area contributed by atoms with E-state index in [4.69, 9.17) is 9.47 Å². The highest BCUT2D eigenvalue weighted by Gasteiger charge is 2.28. The number of hydrogen-bond donors (Lipinski definition) is 0. The Hall–Kier alpha value is -0.900. The first kappa shape index (κ1) is 23.1. The Balaban J connectivity index is 3.83. The van der Waals surface area contributed by atoms with Crippen LogP contribution in [0.4, 0.5) is 0 Å². The molecule has 142 valence electrons. The summed E-state index contributed by atoms with van der Waals surface area (Å²) < 4.78 is 11.1. The number of ketones is 1. The van der Waals surface area contributed by atoms with Gasteiger partial charge in [-0.05, 0) is 45.4 Å². The fourth-order valence-corrected chi connectivity index (χ4v) is 2.40. The van der Waals surface area contributed by atoms with Gasteiger partial charge in [0.15, 0.2) is 0 Å². The maximum absolute atomic E-state index is 12.2. The second-order valence-electron chi connectivity index (χ2n) is 7.12. The molecule has 0 aliphatic rings. The molecular weight excluding hydrogens is 304 g/mol. The molecule has 0 spiro atoms. The summed E-state index contributed by atoms with van der Waals surface area (Å²) in [6, 6.07) is 0. The summed E-state index contributed by atoms with van der Waals surface area (Å²) in [7, 11) is 0. The lowest BCUT2D eigenvalue weighted by molar-refractivity contribution is -0.146. The smallest absolute Gasteiger partial charge is 0.306 e. The zero-order valence-corrected chi connectivity index (χ0v) is 16.7. The summed E-state index contributed by atoms with van der Waals surface area (Å²) in [5.74, 6) is -0.109. The van der Waals surface area contributed by atoms with Crippen LogP contribution in [-0.2, 0) is 19.1 Å². The molecule has 0 radical (unpaired) electrons. The van der Waals surface area contributed by atoms with E-state index < -0.39 is 0 Å². The molecule has 0 aliphatic heterocycles. The molecule has 0 atom stereocenters. The van der Waals surface area contributed by atoms with Crippen LogP contribution in [0.3, 0.4) is 0 Å². The minimum absolute atomic E-state index is 0.0394. The predicted octanol–water partition coefficient (Wildman–Crippen LogP) is 5.08. The van der Waals surface area contributed by atoms with Crippen LogP contribution in [0.5, 0.6) is 0 Å². The molecule has 0 aromatic rings. The van der Waals surface area contributed by atoms with E-state index in [1.165, 1.54) is 0 Å². The Morgan fingerprint density at radius 2 is 1.33 bits per heavy atom. The first-order chi connectivity index (χ1) is 11.3. The summed E-state index contributed by atoms with van der Waals surface area (Å²) in [6.07, 6.45) is 5.77. The Kier molecular flexibility index (Phi) is 11.2. The van der Waals surface area contributed by atoms with E-state index in [1.807, 2.05) is 20.8 Å². The fraction of sp³-hybridized carbons (Fsp3) is 0.900. The molecule has 0 saturated carbocycles. The van der Waals surface area contributed by atoms with E-state index in [-0.39, 0.29) is 35.6 Å². The average molecular weight is 343 g/mol. The van der Waals surface area contributed by atoms with Crippen molar-refractivity contribution in [2.24, 2.45) is 5.41 Å². The molecule has 0 rings (SSSR count). The van der Waals surface area contributed by atoms with Gasteiger partial charge >= 0.3 is 5.97 Å². The van der Waals surface area contributed by atoms with E-state index in [0.29, 0.717) is 13.2 Å². The van der Waals surface area contributed by atoms with Crippen LogP contribution in [0, 0.1) is 5.41 Å². The van der Waals surface area contributed by atoms with Gasteiger partial charge in [-0.3, -0.25) is 9.59 Å². The van der Waals surface area contributed by atoms with Crippen LogP contribution < -0.4 is 0 Å². The van der Waals surface area contributed by atoms with E-state index >= 15 is 0 Å². The summed E-state index contributed by atoms with van der Waals surface area (Å²) >= 11 is 0. The Morgan fingerprint density at radius 3 is 1.83 bits per heavy atom. The molecule has 0 bridgehead atoms. The molecule has 4 nitrogen and oxygen atoms in total. The van der Waals surface area contributed by atoms with Crippen molar-refractivity contribution in [3.63, 3.8) is 0 Å². The third-order valence-corrected chi connectivity index (χ3v) is 5.54.